The number of aromatic nitrogens is 1. The predicted octanol–water partition coefficient (Wildman–Crippen LogP) is 3.36. The van der Waals surface area contributed by atoms with Gasteiger partial charge in [-0.05, 0) is 24.5 Å². The van der Waals surface area contributed by atoms with Crippen LogP contribution < -0.4 is 5.32 Å². The van der Waals surface area contributed by atoms with Crippen LogP contribution >= 0.6 is 23.1 Å². The molecule has 0 fully saturated rings. The Hall–Kier alpha value is -0.0600. The van der Waals surface area contributed by atoms with Crippen LogP contribution in [0.2, 0.25) is 0 Å². The Kier molecular flexibility index (Phi) is 6.39. The second kappa shape index (κ2) is 7.30. The van der Waals surface area contributed by atoms with Gasteiger partial charge in [-0.3, -0.25) is 0 Å². The molecular weight excluding hydrogens is 236 g/mol. The summed E-state index contributed by atoms with van der Waals surface area (Å²) in [5.74, 6) is 2.52. The second-order valence-electron chi connectivity index (χ2n) is 4.51. The lowest BCUT2D eigenvalue weighted by Crippen LogP contribution is -2.21. The Labute approximate surface area is 107 Å². The molecule has 1 aromatic heterocycles. The van der Waals surface area contributed by atoms with Crippen LogP contribution in [0.15, 0.2) is 6.20 Å². The first-order valence-electron chi connectivity index (χ1n) is 5.77. The summed E-state index contributed by atoms with van der Waals surface area (Å²) in [6, 6.07) is 0. The van der Waals surface area contributed by atoms with Gasteiger partial charge in [0.2, 0.25) is 0 Å². The highest BCUT2D eigenvalue weighted by Gasteiger charge is 2.06. The summed E-state index contributed by atoms with van der Waals surface area (Å²) in [4.78, 5) is 5.77. The smallest absolute Gasteiger partial charge is 0.0953 e. The van der Waals surface area contributed by atoms with Gasteiger partial charge in [-0.2, -0.15) is 11.8 Å². The molecule has 0 aliphatic heterocycles. The van der Waals surface area contributed by atoms with E-state index in [1.807, 2.05) is 29.3 Å². The van der Waals surface area contributed by atoms with E-state index in [1.165, 1.54) is 15.6 Å². The fraction of sp³-hybridized carbons (Fsp3) is 0.750. The third-order valence-corrected chi connectivity index (χ3v) is 4.51. The highest BCUT2D eigenvalue weighted by atomic mass is 32.2. The summed E-state index contributed by atoms with van der Waals surface area (Å²) in [5.41, 5.74) is 0. The van der Waals surface area contributed by atoms with E-state index < -0.39 is 0 Å². The molecule has 2 nitrogen and oxygen atoms in total. The van der Waals surface area contributed by atoms with Gasteiger partial charge in [0, 0.05) is 23.5 Å². The van der Waals surface area contributed by atoms with Gasteiger partial charge < -0.3 is 5.32 Å². The van der Waals surface area contributed by atoms with E-state index in [0.717, 1.165) is 19.0 Å². The topological polar surface area (TPSA) is 24.9 Å². The van der Waals surface area contributed by atoms with Crippen molar-refractivity contribution in [2.75, 3.05) is 18.6 Å². The lowest BCUT2D eigenvalue weighted by molar-refractivity contribution is 0.562. The fourth-order valence-electron chi connectivity index (χ4n) is 1.46. The molecule has 1 heterocycles. The van der Waals surface area contributed by atoms with Crippen molar-refractivity contribution in [1.29, 1.82) is 0 Å². The van der Waals surface area contributed by atoms with E-state index in [2.05, 4.69) is 37.3 Å². The monoisotopic (exact) mass is 258 g/mol. The quantitative estimate of drug-likeness (QED) is 0.812. The maximum atomic E-state index is 4.42. The van der Waals surface area contributed by atoms with Crippen LogP contribution in [0, 0.1) is 5.92 Å². The van der Waals surface area contributed by atoms with Gasteiger partial charge in [0.15, 0.2) is 0 Å². The van der Waals surface area contributed by atoms with E-state index in [9.17, 15) is 0 Å². The fourth-order valence-corrected chi connectivity index (χ4v) is 3.03. The van der Waals surface area contributed by atoms with Crippen LogP contribution in [-0.4, -0.2) is 23.5 Å². The van der Waals surface area contributed by atoms with Crippen molar-refractivity contribution in [2.24, 2.45) is 5.92 Å². The Balaban J connectivity index is 2.26. The molecule has 0 bridgehead atoms. The van der Waals surface area contributed by atoms with Gasteiger partial charge in [-0.15, -0.1) is 11.3 Å². The lowest BCUT2D eigenvalue weighted by Gasteiger charge is -2.09. The van der Waals surface area contributed by atoms with E-state index in [4.69, 9.17) is 0 Å². The Morgan fingerprint density at radius 3 is 2.75 bits per heavy atom. The third kappa shape index (κ3) is 4.85. The number of thioether (sulfide) groups is 1. The molecule has 0 aliphatic rings. The standard InChI is InChI=1S/C12H22N2S2/c1-9(2)12-14-7-11(16-12)6-13-5-10(3)8-15-4/h7,9-10,13H,5-6,8H2,1-4H3. The van der Waals surface area contributed by atoms with Crippen molar-refractivity contribution in [2.45, 2.75) is 33.2 Å². The molecule has 4 heteroatoms. The van der Waals surface area contributed by atoms with Crippen molar-refractivity contribution >= 4 is 23.1 Å². The molecule has 0 radical (unpaired) electrons. The van der Waals surface area contributed by atoms with E-state index in [0.29, 0.717) is 5.92 Å². The number of nitrogens with zero attached hydrogens (tertiary/aromatic N) is 1. The molecule has 1 rings (SSSR count). The number of hydrogen-bond donors (Lipinski definition) is 1. The number of thiazole rings is 1. The first-order valence-corrected chi connectivity index (χ1v) is 7.98. The number of nitrogens with one attached hydrogen (secondary N) is 1. The molecular formula is C12H22N2S2. The van der Waals surface area contributed by atoms with Crippen LogP contribution in [0.5, 0.6) is 0 Å². The lowest BCUT2D eigenvalue weighted by atomic mass is 10.2. The normalized spacial score (nSPS) is 13.3. The Morgan fingerprint density at radius 2 is 2.19 bits per heavy atom. The van der Waals surface area contributed by atoms with E-state index >= 15 is 0 Å². The average Bonchev–Trinajstić information content (AvgIpc) is 2.67. The molecule has 0 spiro atoms. The molecule has 1 N–H and O–H groups in total. The summed E-state index contributed by atoms with van der Waals surface area (Å²) in [7, 11) is 0. The largest absolute Gasteiger partial charge is 0.312 e. The molecule has 1 atom stereocenters. The first-order chi connectivity index (χ1) is 7.63. The molecule has 0 amide bonds. The Morgan fingerprint density at radius 1 is 1.44 bits per heavy atom. The minimum Gasteiger partial charge on any atom is -0.312 e. The van der Waals surface area contributed by atoms with Crippen molar-refractivity contribution in [3.63, 3.8) is 0 Å². The van der Waals surface area contributed by atoms with Crippen LogP contribution in [-0.2, 0) is 6.54 Å². The third-order valence-electron chi connectivity index (χ3n) is 2.31. The second-order valence-corrected chi connectivity index (χ2v) is 6.57. The number of hydrogen-bond acceptors (Lipinski definition) is 4. The molecule has 1 aromatic rings. The molecule has 0 saturated carbocycles. The van der Waals surface area contributed by atoms with Crippen LogP contribution in [0.1, 0.15) is 36.6 Å². The van der Waals surface area contributed by atoms with Crippen LogP contribution in [0.25, 0.3) is 0 Å². The first kappa shape index (κ1) is 14.0. The molecule has 92 valence electrons. The predicted molar refractivity (Wildman–Crippen MR) is 75.5 cm³/mol. The zero-order chi connectivity index (χ0) is 12.0. The molecule has 1 unspecified atom stereocenters. The van der Waals surface area contributed by atoms with E-state index in [1.54, 1.807) is 0 Å². The van der Waals surface area contributed by atoms with Crippen molar-refractivity contribution in [3.8, 4) is 0 Å². The summed E-state index contributed by atoms with van der Waals surface area (Å²) in [6.45, 7) is 8.72. The maximum absolute atomic E-state index is 4.42. The minimum absolute atomic E-state index is 0.550. The number of rotatable bonds is 7. The zero-order valence-electron chi connectivity index (χ0n) is 10.6. The van der Waals surface area contributed by atoms with Crippen LogP contribution in [0.3, 0.4) is 0 Å². The van der Waals surface area contributed by atoms with Gasteiger partial charge in [0.25, 0.3) is 0 Å². The van der Waals surface area contributed by atoms with Gasteiger partial charge >= 0.3 is 0 Å². The van der Waals surface area contributed by atoms with Gasteiger partial charge in [0.1, 0.15) is 0 Å². The van der Waals surface area contributed by atoms with Gasteiger partial charge in [-0.25, -0.2) is 4.98 Å². The Bertz CT molecular complexity index is 297. The molecule has 0 saturated heterocycles. The highest BCUT2D eigenvalue weighted by Crippen LogP contribution is 2.20. The van der Waals surface area contributed by atoms with Crippen molar-refractivity contribution in [1.82, 2.24) is 10.3 Å². The van der Waals surface area contributed by atoms with Crippen LogP contribution in [0.4, 0.5) is 0 Å². The minimum atomic E-state index is 0.550. The average molecular weight is 258 g/mol. The summed E-state index contributed by atoms with van der Waals surface area (Å²) in [6.07, 6.45) is 4.17. The van der Waals surface area contributed by atoms with Gasteiger partial charge in [-0.1, -0.05) is 20.8 Å². The van der Waals surface area contributed by atoms with Crippen molar-refractivity contribution < 1.29 is 0 Å². The van der Waals surface area contributed by atoms with E-state index in [-0.39, 0.29) is 0 Å². The zero-order valence-corrected chi connectivity index (χ0v) is 12.3. The SMILES string of the molecule is CSCC(C)CNCc1cnc(C(C)C)s1. The molecule has 0 aromatic carbocycles. The maximum Gasteiger partial charge on any atom is 0.0953 e. The summed E-state index contributed by atoms with van der Waals surface area (Å²) < 4.78 is 0. The van der Waals surface area contributed by atoms with Gasteiger partial charge in [0.05, 0.1) is 5.01 Å². The molecule has 16 heavy (non-hydrogen) atoms. The summed E-state index contributed by atoms with van der Waals surface area (Å²) >= 11 is 3.74. The highest BCUT2D eigenvalue weighted by molar-refractivity contribution is 7.98. The van der Waals surface area contributed by atoms with Crippen molar-refractivity contribution in [3.05, 3.63) is 16.1 Å². The molecule has 0 aliphatic carbocycles. The summed E-state index contributed by atoms with van der Waals surface area (Å²) in [5, 5.41) is 4.74.